The molecule has 9 heteroatoms. The predicted octanol–water partition coefficient (Wildman–Crippen LogP) is 2.10. The number of anilines is 3. The highest BCUT2D eigenvalue weighted by Crippen LogP contribution is 2.24. The molecule has 0 aliphatic heterocycles. The third-order valence-electron chi connectivity index (χ3n) is 1.93. The van der Waals surface area contributed by atoms with Gasteiger partial charge in [-0.05, 0) is 24.3 Å². The normalized spacial score (nSPS) is 11.1. The molecule has 3 N–H and O–H groups in total. The Morgan fingerprint density at radius 1 is 1.11 bits per heavy atom. The van der Waals surface area contributed by atoms with E-state index in [1.165, 1.54) is 30.6 Å². The second-order valence-electron chi connectivity index (χ2n) is 3.36. The Hall–Kier alpha value is -2.58. The van der Waals surface area contributed by atoms with Gasteiger partial charge in [-0.3, -0.25) is 0 Å². The topological polar surface area (TPSA) is 86.0 Å². The maximum Gasteiger partial charge on any atom is 0.573 e. The molecule has 0 bridgehead atoms. The summed E-state index contributed by atoms with van der Waals surface area (Å²) >= 11 is 0. The number of nitrogen functional groups attached to an aromatic ring is 1. The average molecular weight is 271 g/mol. The summed E-state index contributed by atoms with van der Waals surface area (Å²) in [5.41, 5.74) is 5.84. The summed E-state index contributed by atoms with van der Waals surface area (Å²) in [6.07, 6.45) is -3.50. The van der Waals surface area contributed by atoms with Crippen molar-refractivity contribution in [3.63, 3.8) is 0 Å². The minimum absolute atomic E-state index is 0.0366. The number of nitrogens with one attached hydrogen (secondary N) is 1. The zero-order chi connectivity index (χ0) is 13.9. The van der Waals surface area contributed by atoms with Gasteiger partial charge in [0.2, 0.25) is 11.9 Å². The maximum atomic E-state index is 12.0. The van der Waals surface area contributed by atoms with Gasteiger partial charge in [0.25, 0.3) is 0 Å². The summed E-state index contributed by atoms with van der Waals surface area (Å²) < 4.78 is 39.6. The smallest absolute Gasteiger partial charge is 0.406 e. The number of nitrogens with two attached hydrogens (primary N) is 1. The number of hydrogen-bond donors (Lipinski definition) is 2. The third-order valence-corrected chi connectivity index (χ3v) is 1.93. The van der Waals surface area contributed by atoms with Gasteiger partial charge in [0, 0.05) is 5.69 Å². The molecule has 2 aromatic rings. The largest absolute Gasteiger partial charge is 0.573 e. The van der Waals surface area contributed by atoms with Gasteiger partial charge in [0.1, 0.15) is 12.1 Å². The summed E-state index contributed by atoms with van der Waals surface area (Å²) in [7, 11) is 0. The molecule has 0 aliphatic carbocycles. The second kappa shape index (κ2) is 4.96. The highest BCUT2D eigenvalue weighted by molar-refractivity contribution is 5.54. The van der Waals surface area contributed by atoms with Crippen molar-refractivity contribution >= 4 is 17.6 Å². The zero-order valence-corrected chi connectivity index (χ0v) is 9.35. The molecule has 0 radical (unpaired) electrons. The van der Waals surface area contributed by atoms with E-state index in [1.807, 2.05) is 0 Å². The molecule has 0 aliphatic rings. The Morgan fingerprint density at radius 3 is 2.37 bits per heavy atom. The molecular formula is C10H8F3N5O. The third kappa shape index (κ3) is 3.98. The summed E-state index contributed by atoms with van der Waals surface area (Å²) in [6, 6.07) is 5.11. The molecule has 0 spiro atoms. The van der Waals surface area contributed by atoms with Gasteiger partial charge in [-0.1, -0.05) is 0 Å². The number of alkyl halides is 3. The van der Waals surface area contributed by atoms with Crippen LogP contribution in [0.1, 0.15) is 0 Å². The monoisotopic (exact) mass is 271 g/mol. The van der Waals surface area contributed by atoms with Crippen LogP contribution >= 0.6 is 0 Å². The van der Waals surface area contributed by atoms with Crippen LogP contribution in [-0.2, 0) is 0 Å². The number of benzene rings is 1. The Morgan fingerprint density at radius 2 is 1.79 bits per heavy atom. The standard InChI is InChI=1S/C10H8F3N5O/c11-10(12,13)19-7-3-1-6(2-4-7)17-9-16-5-15-8(14)18-9/h1-5H,(H3,14,15,16,17,18). The van der Waals surface area contributed by atoms with E-state index in [0.29, 0.717) is 5.69 Å². The van der Waals surface area contributed by atoms with Gasteiger partial charge in [-0.15, -0.1) is 13.2 Å². The van der Waals surface area contributed by atoms with Crippen molar-refractivity contribution in [3.8, 4) is 5.75 Å². The number of ether oxygens (including phenoxy) is 1. The number of hydrogen-bond acceptors (Lipinski definition) is 6. The molecule has 0 atom stereocenters. The molecule has 0 saturated heterocycles. The van der Waals surface area contributed by atoms with E-state index >= 15 is 0 Å². The fraction of sp³-hybridized carbons (Fsp3) is 0.100. The highest BCUT2D eigenvalue weighted by Gasteiger charge is 2.30. The fourth-order valence-corrected chi connectivity index (χ4v) is 1.24. The van der Waals surface area contributed by atoms with Crippen LogP contribution in [0.15, 0.2) is 30.6 Å². The second-order valence-corrected chi connectivity index (χ2v) is 3.36. The fourth-order valence-electron chi connectivity index (χ4n) is 1.24. The van der Waals surface area contributed by atoms with E-state index in [2.05, 4.69) is 25.0 Å². The molecule has 6 nitrogen and oxygen atoms in total. The van der Waals surface area contributed by atoms with E-state index in [-0.39, 0.29) is 17.6 Å². The lowest BCUT2D eigenvalue weighted by Gasteiger charge is -2.09. The first-order valence-electron chi connectivity index (χ1n) is 5.00. The Balaban J connectivity index is 2.07. The number of rotatable bonds is 3. The lowest BCUT2D eigenvalue weighted by Crippen LogP contribution is -2.17. The van der Waals surface area contributed by atoms with Gasteiger partial charge in [-0.2, -0.15) is 4.98 Å². The molecule has 1 heterocycles. The molecule has 1 aromatic carbocycles. The van der Waals surface area contributed by atoms with Crippen molar-refractivity contribution in [2.45, 2.75) is 6.36 Å². The molecule has 0 fully saturated rings. The summed E-state index contributed by atoms with van der Waals surface area (Å²) in [5, 5.41) is 2.76. The quantitative estimate of drug-likeness (QED) is 0.889. The van der Waals surface area contributed by atoms with Crippen molar-refractivity contribution in [3.05, 3.63) is 30.6 Å². The van der Waals surface area contributed by atoms with Crippen molar-refractivity contribution in [1.82, 2.24) is 15.0 Å². The predicted molar refractivity (Wildman–Crippen MR) is 60.6 cm³/mol. The Labute approximate surface area is 105 Å². The van der Waals surface area contributed by atoms with Crippen LogP contribution in [-0.4, -0.2) is 21.3 Å². The van der Waals surface area contributed by atoms with Gasteiger partial charge in [-0.25, -0.2) is 9.97 Å². The molecular weight excluding hydrogens is 263 g/mol. The molecule has 0 amide bonds. The Kier molecular flexibility index (Phi) is 3.36. The molecule has 1 aromatic heterocycles. The summed E-state index contributed by atoms with van der Waals surface area (Å²) in [4.78, 5) is 11.2. The van der Waals surface area contributed by atoms with Gasteiger partial charge in [0.15, 0.2) is 0 Å². The van der Waals surface area contributed by atoms with Crippen LogP contribution in [0.2, 0.25) is 0 Å². The first-order chi connectivity index (χ1) is 8.92. The van der Waals surface area contributed by atoms with Gasteiger partial charge in [0.05, 0.1) is 0 Å². The summed E-state index contributed by atoms with van der Waals surface area (Å²) in [6.45, 7) is 0. The molecule has 19 heavy (non-hydrogen) atoms. The minimum atomic E-state index is -4.71. The van der Waals surface area contributed by atoms with E-state index < -0.39 is 6.36 Å². The van der Waals surface area contributed by atoms with Crippen molar-refractivity contribution in [2.24, 2.45) is 0 Å². The first-order valence-corrected chi connectivity index (χ1v) is 5.00. The van der Waals surface area contributed by atoms with Crippen LogP contribution in [0.4, 0.5) is 30.8 Å². The van der Waals surface area contributed by atoms with Crippen molar-refractivity contribution < 1.29 is 17.9 Å². The number of aromatic nitrogens is 3. The highest BCUT2D eigenvalue weighted by atomic mass is 19.4. The molecule has 2 rings (SSSR count). The molecule has 100 valence electrons. The van der Waals surface area contributed by atoms with Crippen LogP contribution in [0.25, 0.3) is 0 Å². The van der Waals surface area contributed by atoms with Crippen LogP contribution < -0.4 is 15.8 Å². The lowest BCUT2D eigenvalue weighted by atomic mass is 10.3. The van der Waals surface area contributed by atoms with Gasteiger partial charge >= 0.3 is 6.36 Å². The SMILES string of the molecule is Nc1ncnc(Nc2ccc(OC(F)(F)F)cc2)n1. The average Bonchev–Trinajstić information content (AvgIpc) is 2.30. The van der Waals surface area contributed by atoms with Crippen molar-refractivity contribution in [2.75, 3.05) is 11.1 Å². The number of nitrogens with zero attached hydrogens (tertiary/aromatic N) is 3. The summed E-state index contributed by atoms with van der Waals surface area (Å²) in [5.74, 6) is -0.0836. The van der Waals surface area contributed by atoms with E-state index in [0.717, 1.165) is 0 Å². The maximum absolute atomic E-state index is 12.0. The van der Waals surface area contributed by atoms with E-state index in [9.17, 15) is 13.2 Å². The van der Waals surface area contributed by atoms with Crippen LogP contribution in [0.3, 0.4) is 0 Å². The van der Waals surface area contributed by atoms with Crippen LogP contribution in [0.5, 0.6) is 5.75 Å². The van der Waals surface area contributed by atoms with Crippen LogP contribution in [0, 0.1) is 0 Å². The number of halogens is 3. The van der Waals surface area contributed by atoms with Gasteiger partial charge < -0.3 is 15.8 Å². The van der Waals surface area contributed by atoms with E-state index in [1.54, 1.807) is 0 Å². The lowest BCUT2D eigenvalue weighted by molar-refractivity contribution is -0.274. The molecule has 0 saturated carbocycles. The van der Waals surface area contributed by atoms with E-state index in [4.69, 9.17) is 5.73 Å². The minimum Gasteiger partial charge on any atom is -0.406 e. The first kappa shape index (κ1) is 12.9. The van der Waals surface area contributed by atoms with Crippen molar-refractivity contribution in [1.29, 1.82) is 0 Å². The zero-order valence-electron chi connectivity index (χ0n) is 9.35. The Bertz CT molecular complexity index is 558. The molecule has 0 unspecified atom stereocenters.